The molecule has 1 fully saturated rings. The van der Waals surface area contributed by atoms with E-state index in [0.717, 1.165) is 10.9 Å². The number of halogens is 1. The van der Waals surface area contributed by atoms with E-state index < -0.39 is 0 Å². The molecule has 1 aromatic carbocycles. The Morgan fingerprint density at radius 2 is 2.07 bits per heavy atom. The second kappa shape index (κ2) is 3.12. The molecule has 0 radical (unpaired) electrons. The third-order valence-electron chi connectivity index (χ3n) is 4.17. The Morgan fingerprint density at radius 1 is 1.27 bits per heavy atom. The summed E-state index contributed by atoms with van der Waals surface area (Å²) in [6.07, 6.45) is 7.35. The molecular formula is C14H15Cl. The van der Waals surface area contributed by atoms with Crippen molar-refractivity contribution in [3.05, 3.63) is 47.0 Å². The molecular weight excluding hydrogens is 204 g/mol. The van der Waals surface area contributed by atoms with Crippen LogP contribution in [0.1, 0.15) is 25.3 Å². The molecule has 1 saturated carbocycles. The Kier molecular flexibility index (Phi) is 1.97. The molecule has 3 unspecified atom stereocenters. The molecule has 0 saturated heterocycles. The van der Waals surface area contributed by atoms with E-state index in [0.29, 0.717) is 5.92 Å². The van der Waals surface area contributed by atoms with Crippen LogP contribution in [-0.4, -0.2) is 0 Å². The average molecular weight is 219 g/mol. The standard InChI is InChI=1S/C14H15Cl/c1-14(9-10-6-7-11(14)8-10)12-4-2-3-5-13(12)15/h2-7,10-11H,8-9H2,1H3. The third-order valence-corrected chi connectivity index (χ3v) is 4.50. The summed E-state index contributed by atoms with van der Waals surface area (Å²) in [4.78, 5) is 0. The van der Waals surface area contributed by atoms with Crippen LogP contribution >= 0.6 is 11.6 Å². The van der Waals surface area contributed by atoms with Crippen LogP contribution in [0.3, 0.4) is 0 Å². The van der Waals surface area contributed by atoms with Gasteiger partial charge in [0.05, 0.1) is 0 Å². The van der Waals surface area contributed by atoms with Gasteiger partial charge in [0, 0.05) is 10.4 Å². The average Bonchev–Trinajstić information content (AvgIpc) is 2.78. The lowest BCUT2D eigenvalue weighted by atomic mass is 9.72. The number of hydrogen-bond acceptors (Lipinski definition) is 0. The van der Waals surface area contributed by atoms with E-state index >= 15 is 0 Å². The van der Waals surface area contributed by atoms with Crippen molar-refractivity contribution in [1.82, 2.24) is 0 Å². The van der Waals surface area contributed by atoms with E-state index in [1.807, 2.05) is 12.1 Å². The van der Waals surface area contributed by atoms with Crippen molar-refractivity contribution < 1.29 is 0 Å². The summed E-state index contributed by atoms with van der Waals surface area (Å²) in [6, 6.07) is 8.31. The molecule has 1 aromatic rings. The van der Waals surface area contributed by atoms with E-state index in [9.17, 15) is 0 Å². The zero-order valence-electron chi connectivity index (χ0n) is 8.91. The second-order valence-electron chi connectivity index (χ2n) is 5.09. The summed E-state index contributed by atoms with van der Waals surface area (Å²) in [6.45, 7) is 2.36. The van der Waals surface area contributed by atoms with E-state index in [4.69, 9.17) is 11.6 Å². The van der Waals surface area contributed by atoms with Crippen LogP contribution in [0.25, 0.3) is 0 Å². The van der Waals surface area contributed by atoms with Gasteiger partial charge >= 0.3 is 0 Å². The topological polar surface area (TPSA) is 0 Å². The van der Waals surface area contributed by atoms with Gasteiger partial charge in [0.15, 0.2) is 0 Å². The van der Waals surface area contributed by atoms with Gasteiger partial charge < -0.3 is 0 Å². The molecule has 15 heavy (non-hydrogen) atoms. The monoisotopic (exact) mass is 218 g/mol. The SMILES string of the molecule is CC1(c2ccccc2Cl)CC2C=CC1C2. The Bertz CT molecular complexity index is 421. The normalized spacial score (nSPS) is 37.5. The van der Waals surface area contributed by atoms with Gasteiger partial charge in [-0.15, -0.1) is 0 Å². The lowest BCUT2D eigenvalue weighted by Gasteiger charge is -2.32. The highest BCUT2D eigenvalue weighted by Crippen LogP contribution is 2.54. The van der Waals surface area contributed by atoms with E-state index in [-0.39, 0.29) is 5.41 Å². The van der Waals surface area contributed by atoms with Crippen LogP contribution in [0.4, 0.5) is 0 Å². The number of allylic oxidation sites excluding steroid dienone is 2. The highest BCUT2D eigenvalue weighted by molar-refractivity contribution is 6.31. The van der Waals surface area contributed by atoms with Crippen LogP contribution in [0.5, 0.6) is 0 Å². The Balaban J connectivity index is 2.08. The van der Waals surface area contributed by atoms with Crippen LogP contribution in [-0.2, 0) is 5.41 Å². The largest absolute Gasteiger partial charge is 0.0851 e. The van der Waals surface area contributed by atoms with Gasteiger partial charge in [-0.1, -0.05) is 48.9 Å². The molecule has 2 aliphatic rings. The molecule has 1 heteroatoms. The van der Waals surface area contributed by atoms with Gasteiger partial charge in [-0.05, 0) is 36.3 Å². The smallest absolute Gasteiger partial charge is 0.0443 e. The zero-order valence-corrected chi connectivity index (χ0v) is 9.67. The summed E-state index contributed by atoms with van der Waals surface area (Å²) in [5.74, 6) is 1.48. The highest BCUT2D eigenvalue weighted by atomic mass is 35.5. The van der Waals surface area contributed by atoms with Crippen LogP contribution in [0.15, 0.2) is 36.4 Å². The summed E-state index contributed by atoms with van der Waals surface area (Å²) < 4.78 is 0. The fourth-order valence-electron chi connectivity index (χ4n) is 3.33. The maximum atomic E-state index is 6.31. The Hall–Kier alpha value is -0.750. The summed E-state index contributed by atoms with van der Waals surface area (Å²) in [5, 5.41) is 0.931. The molecule has 2 bridgehead atoms. The van der Waals surface area contributed by atoms with Crippen molar-refractivity contribution in [2.24, 2.45) is 11.8 Å². The summed E-state index contributed by atoms with van der Waals surface area (Å²) >= 11 is 6.31. The van der Waals surface area contributed by atoms with Crippen LogP contribution < -0.4 is 0 Å². The number of rotatable bonds is 1. The number of hydrogen-bond donors (Lipinski definition) is 0. The maximum Gasteiger partial charge on any atom is 0.0443 e. The van der Waals surface area contributed by atoms with Crippen molar-refractivity contribution >= 4 is 11.6 Å². The Labute approximate surface area is 96.0 Å². The van der Waals surface area contributed by atoms with Crippen molar-refractivity contribution in [2.45, 2.75) is 25.2 Å². The van der Waals surface area contributed by atoms with Gasteiger partial charge in [0.25, 0.3) is 0 Å². The van der Waals surface area contributed by atoms with Gasteiger partial charge in [0.2, 0.25) is 0 Å². The minimum Gasteiger partial charge on any atom is -0.0851 e. The summed E-state index contributed by atoms with van der Waals surface area (Å²) in [5.41, 5.74) is 1.61. The predicted octanol–water partition coefficient (Wildman–Crippen LogP) is 4.19. The van der Waals surface area contributed by atoms with Crippen molar-refractivity contribution in [3.8, 4) is 0 Å². The fourth-order valence-corrected chi connectivity index (χ4v) is 3.68. The molecule has 0 aliphatic heterocycles. The van der Waals surface area contributed by atoms with Crippen LogP contribution in [0.2, 0.25) is 5.02 Å². The summed E-state index contributed by atoms with van der Waals surface area (Å²) in [7, 11) is 0. The van der Waals surface area contributed by atoms with Crippen molar-refractivity contribution in [1.29, 1.82) is 0 Å². The zero-order chi connectivity index (χ0) is 10.5. The van der Waals surface area contributed by atoms with Gasteiger partial charge in [-0.3, -0.25) is 0 Å². The minimum atomic E-state index is 0.276. The Morgan fingerprint density at radius 3 is 2.67 bits per heavy atom. The molecule has 78 valence electrons. The van der Waals surface area contributed by atoms with E-state index in [2.05, 4.69) is 31.2 Å². The van der Waals surface area contributed by atoms with Gasteiger partial charge in [0.1, 0.15) is 0 Å². The molecule has 2 aliphatic carbocycles. The number of benzene rings is 1. The first-order valence-electron chi connectivity index (χ1n) is 5.63. The van der Waals surface area contributed by atoms with Crippen LogP contribution in [0, 0.1) is 11.8 Å². The third kappa shape index (κ3) is 1.28. The van der Waals surface area contributed by atoms with Gasteiger partial charge in [-0.25, -0.2) is 0 Å². The molecule has 0 N–H and O–H groups in total. The molecule has 0 heterocycles. The first-order chi connectivity index (χ1) is 7.20. The minimum absolute atomic E-state index is 0.276. The fraction of sp³-hybridized carbons (Fsp3) is 0.429. The molecule has 3 rings (SSSR count). The first-order valence-corrected chi connectivity index (χ1v) is 6.01. The molecule has 0 spiro atoms. The lowest BCUT2D eigenvalue weighted by molar-refractivity contribution is 0.396. The van der Waals surface area contributed by atoms with E-state index in [1.165, 1.54) is 18.4 Å². The van der Waals surface area contributed by atoms with Gasteiger partial charge in [-0.2, -0.15) is 0 Å². The second-order valence-corrected chi connectivity index (χ2v) is 5.50. The predicted molar refractivity (Wildman–Crippen MR) is 64.2 cm³/mol. The van der Waals surface area contributed by atoms with Crippen molar-refractivity contribution in [3.63, 3.8) is 0 Å². The molecule has 0 nitrogen and oxygen atoms in total. The van der Waals surface area contributed by atoms with Crippen molar-refractivity contribution in [2.75, 3.05) is 0 Å². The molecule has 0 aromatic heterocycles. The molecule has 3 atom stereocenters. The quantitative estimate of drug-likeness (QED) is 0.620. The number of fused-ring (bicyclic) bond motifs is 2. The first kappa shape index (κ1) is 9.47. The lowest BCUT2D eigenvalue weighted by Crippen LogP contribution is -2.27. The van der Waals surface area contributed by atoms with E-state index in [1.54, 1.807) is 0 Å². The maximum absolute atomic E-state index is 6.31. The highest BCUT2D eigenvalue weighted by Gasteiger charge is 2.46. The molecule has 0 amide bonds.